The van der Waals surface area contributed by atoms with Gasteiger partial charge in [0.2, 0.25) is 0 Å². The molecule has 1 N–H and O–H groups in total. The molecule has 5 nitrogen and oxygen atoms in total. The first-order valence-electron chi connectivity index (χ1n) is 7.85. The van der Waals surface area contributed by atoms with Crippen LogP contribution >= 0.6 is 0 Å². The zero-order valence-electron chi connectivity index (χ0n) is 13.3. The first-order chi connectivity index (χ1) is 11.8. The molecule has 0 fully saturated rings. The summed E-state index contributed by atoms with van der Waals surface area (Å²) < 4.78 is 1.85. The van der Waals surface area contributed by atoms with E-state index in [1.165, 1.54) is 11.1 Å². The third-order valence-electron chi connectivity index (χ3n) is 4.08. The number of nitrogens with zero attached hydrogens (tertiary/aromatic N) is 4. The van der Waals surface area contributed by atoms with Crippen LogP contribution in [0, 0.1) is 6.92 Å². The Balaban J connectivity index is 1.54. The molecule has 0 atom stereocenters. The number of hydrogen-bond acceptors (Lipinski definition) is 4. The topological polar surface area (TPSA) is 55.6 Å². The molecule has 0 unspecified atom stereocenters. The van der Waals surface area contributed by atoms with Gasteiger partial charge in [0.15, 0.2) is 0 Å². The van der Waals surface area contributed by atoms with Gasteiger partial charge in [-0.2, -0.15) is 0 Å². The Hall–Kier alpha value is -3.21. The molecule has 4 aromatic rings. The predicted octanol–water partition coefficient (Wildman–Crippen LogP) is 3.74. The van der Waals surface area contributed by atoms with E-state index in [2.05, 4.69) is 39.7 Å². The van der Waals surface area contributed by atoms with Crippen molar-refractivity contribution in [2.45, 2.75) is 13.5 Å². The zero-order valence-corrected chi connectivity index (χ0v) is 13.3. The summed E-state index contributed by atoms with van der Waals surface area (Å²) in [6, 6.07) is 18.2. The maximum atomic E-state index is 4.24. The Labute approximate surface area is 140 Å². The van der Waals surface area contributed by atoms with Crippen LogP contribution in [0.25, 0.3) is 16.7 Å². The number of aromatic nitrogens is 4. The van der Waals surface area contributed by atoms with Crippen molar-refractivity contribution in [3.8, 4) is 5.69 Å². The van der Waals surface area contributed by atoms with Gasteiger partial charge in [0.25, 0.3) is 0 Å². The van der Waals surface area contributed by atoms with E-state index in [4.69, 9.17) is 0 Å². The highest BCUT2D eigenvalue weighted by Crippen LogP contribution is 2.18. The standard InChI is InChI=1S/C19H17N5/c1-14-12-20-11-10-15(14)13-21-16-6-8-17(9-7-16)24-19-5-3-2-4-18(19)22-23-24/h2-12,21H,13H2,1H3. The Bertz CT molecular complexity index is 972. The molecule has 0 saturated carbocycles. The highest BCUT2D eigenvalue weighted by Gasteiger charge is 2.05. The van der Waals surface area contributed by atoms with Gasteiger partial charge < -0.3 is 5.32 Å². The molecule has 0 radical (unpaired) electrons. The maximum absolute atomic E-state index is 4.24. The van der Waals surface area contributed by atoms with Gasteiger partial charge in [-0.3, -0.25) is 4.98 Å². The molecule has 2 aromatic heterocycles. The predicted molar refractivity (Wildman–Crippen MR) is 95.2 cm³/mol. The van der Waals surface area contributed by atoms with Gasteiger partial charge in [0.05, 0.1) is 11.2 Å². The van der Waals surface area contributed by atoms with Crippen molar-refractivity contribution in [1.82, 2.24) is 20.0 Å². The fourth-order valence-corrected chi connectivity index (χ4v) is 2.68. The number of benzene rings is 2. The lowest BCUT2D eigenvalue weighted by Gasteiger charge is -2.09. The van der Waals surface area contributed by atoms with Gasteiger partial charge in [-0.15, -0.1) is 5.10 Å². The Morgan fingerprint density at radius 3 is 2.67 bits per heavy atom. The molecular formula is C19H17N5. The van der Waals surface area contributed by atoms with Crippen LogP contribution in [0.2, 0.25) is 0 Å². The summed E-state index contributed by atoms with van der Waals surface area (Å²) in [6.07, 6.45) is 3.71. The zero-order chi connectivity index (χ0) is 16.4. The average molecular weight is 315 g/mol. The van der Waals surface area contributed by atoms with Gasteiger partial charge in [-0.25, -0.2) is 4.68 Å². The first-order valence-corrected chi connectivity index (χ1v) is 7.85. The van der Waals surface area contributed by atoms with Crippen LogP contribution in [-0.2, 0) is 6.54 Å². The van der Waals surface area contributed by atoms with Crippen LogP contribution in [0.5, 0.6) is 0 Å². The second-order valence-corrected chi connectivity index (χ2v) is 5.69. The van der Waals surface area contributed by atoms with E-state index in [9.17, 15) is 0 Å². The summed E-state index contributed by atoms with van der Waals surface area (Å²) in [5.41, 5.74) is 6.40. The van der Waals surface area contributed by atoms with Crippen LogP contribution in [0.4, 0.5) is 5.69 Å². The van der Waals surface area contributed by atoms with Crippen LogP contribution in [-0.4, -0.2) is 20.0 Å². The minimum atomic E-state index is 0.778. The molecular weight excluding hydrogens is 298 g/mol. The van der Waals surface area contributed by atoms with Gasteiger partial charge in [0.1, 0.15) is 5.52 Å². The molecule has 0 saturated heterocycles. The number of para-hydroxylation sites is 1. The average Bonchev–Trinajstić information content (AvgIpc) is 3.06. The highest BCUT2D eigenvalue weighted by atomic mass is 15.4. The monoisotopic (exact) mass is 315 g/mol. The third kappa shape index (κ3) is 2.72. The van der Waals surface area contributed by atoms with Crippen LogP contribution in [0.15, 0.2) is 67.0 Å². The number of rotatable bonds is 4. The van der Waals surface area contributed by atoms with E-state index in [1.807, 2.05) is 59.5 Å². The number of fused-ring (bicyclic) bond motifs is 1. The fourth-order valence-electron chi connectivity index (χ4n) is 2.68. The minimum Gasteiger partial charge on any atom is -0.381 e. The molecule has 4 rings (SSSR count). The highest BCUT2D eigenvalue weighted by molar-refractivity contribution is 5.76. The van der Waals surface area contributed by atoms with E-state index in [0.717, 1.165) is 29.0 Å². The van der Waals surface area contributed by atoms with Crippen molar-refractivity contribution >= 4 is 16.7 Å². The Morgan fingerprint density at radius 1 is 1.00 bits per heavy atom. The first kappa shape index (κ1) is 14.4. The van der Waals surface area contributed by atoms with Crippen molar-refractivity contribution < 1.29 is 0 Å². The number of pyridine rings is 1. The van der Waals surface area contributed by atoms with E-state index in [1.54, 1.807) is 0 Å². The third-order valence-corrected chi connectivity index (χ3v) is 4.08. The summed E-state index contributed by atoms with van der Waals surface area (Å²) in [5, 5.41) is 11.9. The molecule has 5 heteroatoms. The van der Waals surface area contributed by atoms with E-state index in [0.29, 0.717) is 0 Å². The molecule has 2 aromatic carbocycles. The smallest absolute Gasteiger partial charge is 0.113 e. The molecule has 0 aliphatic carbocycles. The molecule has 0 aliphatic heterocycles. The number of aryl methyl sites for hydroxylation is 1. The van der Waals surface area contributed by atoms with Crippen LogP contribution < -0.4 is 5.32 Å². The Morgan fingerprint density at radius 2 is 1.83 bits per heavy atom. The summed E-state index contributed by atoms with van der Waals surface area (Å²) >= 11 is 0. The molecule has 0 amide bonds. The van der Waals surface area contributed by atoms with E-state index < -0.39 is 0 Å². The lowest BCUT2D eigenvalue weighted by molar-refractivity contribution is 0.824. The summed E-state index contributed by atoms with van der Waals surface area (Å²) in [7, 11) is 0. The van der Waals surface area contributed by atoms with Crippen molar-refractivity contribution in [3.05, 3.63) is 78.1 Å². The maximum Gasteiger partial charge on any atom is 0.113 e. The van der Waals surface area contributed by atoms with Gasteiger partial charge in [-0.05, 0) is 60.5 Å². The number of anilines is 1. The summed E-state index contributed by atoms with van der Waals surface area (Å²) in [4.78, 5) is 4.12. The summed E-state index contributed by atoms with van der Waals surface area (Å²) in [5.74, 6) is 0. The van der Waals surface area contributed by atoms with E-state index in [-0.39, 0.29) is 0 Å². The minimum absolute atomic E-state index is 0.778. The van der Waals surface area contributed by atoms with Crippen LogP contribution in [0.3, 0.4) is 0 Å². The SMILES string of the molecule is Cc1cnccc1CNc1ccc(-n2nnc3ccccc32)cc1. The van der Waals surface area contributed by atoms with Gasteiger partial charge >= 0.3 is 0 Å². The second kappa shape index (κ2) is 6.12. The van der Waals surface area contributed by atoms with Gasteiger partial charge in [-0.1, -0.05) is 17.3 Å². The van der Waals surface area contributed by atoms with Crippen molar-refractivity contribution in [2.24, 2.45) is 0 Å². The van der Waals surface area contributed by atoms with Gasteiger partial charge in [0, 0.05) is 24.6 Å². The lowest BCUT2D eigenvalue weighted by atomic mass is 10.1. The molecule has 2 heterocycles. The van der Waals surface area contributed by atoms with Crippen LogP contribution in [0.1, 0.15) is 11.1 Å². The largest absolute Gasteiger partial charge is 0.381 e. The lowest BCUT2D eigenvalue weighted by Crippen LogP contribution is -2.02. The molecule has 0 bridgehead atoms. The Kier molecular flexibility index (Phi) is 3.67. The molecule has 0 spiro atoms. The van der Waals surface area contributed by atoms with Crippen molar-refractivity contribution in [2.75, 3.05) is 5.32 Å². The number of hydrogen-bond donors (Lipinski definition) is 1. The van der Waals surface area contributed by atoms with Crippen molar-refractivity contribution in [3.63, 3.8) is 0 Å². The second-order valence-electron chi connectivity index (χ2n) is 5.69. The molecule has 0 aliphatic rings. The quantitative estimate of drug-likeness (QED) is 0.623. The van der Waals surface area contributed by atoms with E-state index >= 15 is 0 Å². The number of nitrogens with one attached hydrogen (secondary N) is 1. The normalized spacial score (nSPS) is 10.9. The summed E-state index contributed by atoms with van der Waals surface area (Å²) in [6.45, 7) is 2.85. The molecule has 118 valence electrons. The molecule has 24 heavy (non-hydrogen) atoms. The van der Waals surface area contributed by atoms with Crippen molar-refractivity contribution in [1.29, 1.82) is 0 Å². The fraction of sp³-hybridized carbons (Fsp3) is 0.105.